The molecule has 2 aliphatic heterocycles. The van der Waals surface area contributed by atoms with Gasteiger partial charge in [0.1, 0.15) is 0 Å². The summed E-state index contributed by atoms with van der Waals surface area (Å²) in [6.07, 6.45) is 7.59. The van der Waals surface area contributed by atoms with Gasteiger partial charge in [0.15, 0.2) is 0 Å². The molecule has 0 saturated carbocycles. The smallest absolute Gasteiger partial charge is 0.0437 e. The molecule has 2 heterocycles. The highest BCUT2D eigenvalue weighted by atomic mass is 16.3. The molecule has 2 aliphatic rings. The van der Waals surface area contributed by atoms with Crippen LogP contribution in [0.5, 0.6) is 0 Å². The minimum absolute atomic E-state index is 0.265. The average Bonchev–Trinajstić information content (AvgIpc) is 2.59. The first-order valence-electron chi connectivity index (χ1n) is 9.01. The summed E-state index contributed by atoms with van der Waals surface area (Å²) in [5, 5.41) is 13.2. The molecule has 0 spiro atoms. The van der Waals surface area contributed by atoms with Crippen molar-refractivity contribution >= 4 is 0 Å². The van der Waals surface area contributed by atoms with Crippen LogP contribution >= 0.6 is 0 Å². The number of aliphatic hydroxyl groups is 1. The molecule has 3 heteroatoms. The van der Waals surface area contributed by atoms with Gasteiger partial charge in [0.2, 0.25) is 0 Å². The van der Waals surface area contributed by atoms with Gasteiger partial charge in [-0.2, -0.15) is 0 Å². The van der Waals surface area contributed by atoms with Gasteiger partial charge in [-0.3, -0.25) is 4.90 Å². The summed E-state index contributed by atoms with van der Waals surface area (Å²) in [7, 11) is 0. The lowest BCUT2D eigenvalue weighted by Crippen LogP contribution is -2.56. The Labute approximate surface area is 134 Å². The standard InChI is InChI=1S/C19H30N2O/c22-14-11-17(16-7-2-1-3-8-16)15-20-18-9-6-13-21-12-5-4-10-19(18)21/h1-3,7-8,17-20,22H,4-6,9-15H2/t17-,18-,19+/m1/s1. The van der Waals surface area contributed by atoms with Crippen molar-refractivity contribution in [2.24, 2.45) is 0 Å². The van der Waals surface area contributed by atoms with E-state index < -0.39 is 0 Å². The third kappa shape index (κ3) is 3.89. The third-order valence-electron chi connectivity index (χ3n) is 5.46. The van der Waals surface area contributed by atoms with Gasteiger partial charge in [-0.25, -0.2) is 0 Å². The summed E-state index contributed by atoms with van der Waals surface area (Å²) in [5.41, 5.74) is 1.35. The zero-order valence-electron chi connectivity index (χ0n) is 13.6. The summed E-state index contributed by atoms with van der Waals surface area (Å²) in [6, 6.07) is 12.0. The first-order chi connectivity index (χ1) is 10.9. The molecule has 122 valence electrons. The molecule has 2 N–H and O–H groups in total. The number of aliphatic hydroxyl groups excluding tert-OH is 1. The lowest BCUT2D eigenvalue weighted by Gasteiger charge is -2.45. The number of hydrogen-bond donors (Lipinski definition) is 2. The Hall–Kier alpha value is -0.900. The van der Waals surface area contributed by atoms with E-state index >= 15 is 0 Å². The van der Waals surface area contributed by atoms with Crippen LogP contribution in [0.1, 0.15) is 50.0 Å². The molecule has 0 radical (unpaired) electrons. The van der Waals surface area contributed by atoms with Gasteiger partial charge < -0.3 is 10.4 Å². The third-order valence-corrected chi connectivity index (χ3v) is 5.46. The number of nitrogens with zero attached hydrogens (tertiary/aromatic N) is 1. The van der Waals surface area contributed by atoms with Crippen molar-refractivity contribution in [2.45, 2.75) is 56.5 Å². The van der Waals surface area contributed by atoms with E-state index in [9.17, 15) is 5.11 Å². The number of rotatable bonds is 6. The maximum absolute atomic E-state index is 9.39. The quantitative estimate of drug-likeness (QED) is 0.848. The normalized spacial score (nSPS) is 27.3. The fraction of sp³-hybridized carbons (Fsp3) is 0.684. The van der Waals surface area contributed by atoms with Crippen LogP contribution in [0.3, 0.4) is 0 Å². The van der Waals surface area contributed by atoms with Crippen LogP contribution in [0, 0.1) is 0 Å². The molecule has 0 amide bonds. The molecule has 0 unspecified atom stereocenters. The summed E-state index contributed by atoms with van der Waals surface area (Å²) in [6.45, 7) is 3.84. The topological polar surface area (TPSA) is 35.5 Å². The average molecular weight is 302 g/mol. The molecule has 22 heavy (non-hydrogen) atoms. The van der Waals surface area contributed by atoms with E-state index in [2.05, 4.69) is 40.5 Å². The zero-order chi connectivity index (χ0) is 15.2. The van der Waals surface area contributed by atoms with Crippen molar-refractivity contribution in [3.8, 4) is 0 Å². The monoisotopic (exact) mass is 302 g/mol. The summed E-state index contributed by atoms with van der Waals surface area (Å²) in [5.74, 6) is 0.421. The minimum atomic E-state index is 0.265. The molecule has 0 aromatic heterocycles. The van der Waals surface area contributed by atoms with E-state index in [1.54, 1.807) is 0 Å². The molecule has 0 bridgehead atoms. The number of piperidine rings is 2. The van der Waals surface area contributed by atoms with Crippen LogP contribution < -0.4 is 5.32 Å². The summed E-state index contributed by atoms with van der Waals surface area (Å²) < 4.78 is 0. The predicted molar refractivity (Wildman–Crippen MR) is 91.1 cm³/mol. The molecule has 3 rings (SSSR count). The first-order valence-corrected chi connectivity index (χ1v) is 9.01. The molecule has 3 atom stereocenters. The number of hydrogen-bond acceptors (Lipinski definition) is 3. The molecule has 1 aromatic rings. The molecule has 0 aliphatic carbocycles. The van der Waals surface area contributed by atoms with E-state index in [0.717, 1.165) is 19.0 Å². The van der Waals surface area contributed by atoms with Gasteiger partial charge in [-0.1, -0.05) is 36.8 Å². The largest absolute Gasteiger partial charge is 0.396 e. The highest BCUT2D eigenvalue weighted by Gasteiger charge is 2.32. The fourth-order valence-electron chi connectivity index (χ4n) is 4.26. The van der Waals surface area contributed by atoms with Crippen molar-refractivity contribution in [2.75, 3.05) is 26.2 Å². The highest BCUT2D eigenvalue weighted by molar-refractivity contribution is 5.20. The van der Waals surface area contributed by atoms with Crippen LogP contribution in [0.4, 0.5) is 0 Å². The second kappa shape index (κ2) is 8.09. The maximum atomic E-state index is 9.39. The highest BCUT2D eigenvalue weighted by Crippen LogP contribution is 2.27. The van der Waals surface area contributed by atoms with Gasteiger partial charge in [0.25, 0.3) is 0 Å². The Bertz CT molecular complexity index is 434. The van der Waals surface area contributed by atoms with Crippen molar-refractivity contribution in [3.63, 3.8) is 0 Å². The summed E-state index contributed by atoms with van der Waals surface area (Å²) >= 11 is 0. The number of nitrogens with one attached hydrogen (secondary N) is 1. The van der Waals surface area contributed by atoms with Crippen molar-refractivity contribution in [1.82, 2.24) is 10.2 Å². The van der Waals surface area contributed by atoms with Crippen molar-refractivity contribution in [3.05, 3.63) is 35.9 Å². The first kappa shape index (κ1) is 16.0. The van der Waals surface area contributed by atoms with Gasteiger partial charge in [0.05, 0.1) is 0 Å². The Morgan fingerprint density at radius 3 is 2.73 bits per heavy atom. The van der Waals surface area contributed by atoms with Crippen LogP contribution in [-0.2, 0) is 0 Å². The number of fused-ring (bicyclic) bond motifs is 1. The number of benzene rings is 1. The Morgan fingerprint density at radius 1 is 1.09 bits per heavy atom. The second-order valence-corrected chi connectivity index (χ2v) is 6.88. The molecule has 2 fully saturated rings. The SMILES string of the molecule is OCC[C@H](CN[C@@H]1CCCN2CCCC[C@@H]12)c1ccccc1. The Balaban J connectivity index is 1.59. The van der Waals surface area contributed by atoms with Crippen LogP contribution in [0.15, 0.2) is 30.3 Å². The molecule has 1 aromatic carbocycles. The van der Waals surface area contributed by atoms with E-state index in [1.165, 1.54) is 50.8 Å². The molecular formula is C19H30N2O. The minimum Gasteiger partial charge on any atom is -0.396 e. The molecular weight excluding hydrogens is 272 g/mol. The molecule has 2 saturated heterocycles. The van der Waals surface area contributed by atoms with Crippen molar-refractivity contribution < 1.29 is 5.11 Å². The van der Waals surface area contributed by atoms with Gasteiger partial charge in [0, 0.05) is 25.2 Å². The lowest BCUT2D eigenvalue weighted by molar-refractivity contribution is 0.0766. The maximum Gasteiger partial charge on any atom is 0.0437 e. The van der Waals surface area contributed by atoms with E-state index in [0.29, 0.717) is 12.0 Å². The van der Waals surface area contributed by atoms with Crippen molar-refractivity contribution in [1.29, 1.82) is 0 Å². The lowest BCUT2D eigenvalue weighted by atomic mass is 9.88. The van der Waals surface area contributed by atoms with E-state index in [-0.39, 0.29) is 6.61 Å². The second-order valence-electron chi connectivity index (χ2n) is 6.88. The predicted octanol–water partition coefficient (Wildman–Crippen LogP) is 2.76. The van der Waals surface area contributed by atoms with Crippen LogP contribution in [-0.4, -0.2) is 48.3 Å². The Kier molecular flexibility index (Phi) is 5.88. The molecule has 3 nitrogen and oxygen atoms in total. The fourth-order valence-corrected chi connectivity index (χ4v) is 4.26. The van der Waals surface area contributed by atoms with E-state index in [1.807, 2.05) is 0 Å². The van der Waals surface area contributed by atoms with Crippen LogP contribution in [0.2, 0.25) is 0 Å². The Morgan fingerprint density at radius 2 is 1.91 bits per heavy atom. The van der Waals surface area contributed by atoms with E-state index in [4.69, 9.17) is 0 Å². The summed E-state index contributed by atoms with van der Waals surface area (Å²) in [4.78, 5) is 2.70. The zero-order valence-corrected chi connectivity index (χ0v) is 13.6. The van der Waals surface area contributed by atoms with Gasteiger partial charge in [-0.05, 0) is 56.7 Å². The van der Waals surface area contributed by atoms with Crippen LogP contribution in [0.25, 0.3) is 0 Å². The van der Waals surface area contributed by atoms with Gasteiger partial charge >= 0.3 is 0 Å². The van der Waals surface area contributed by atoms with Gasteiger partial charge in [-0.15, -0.1) is 0 Å².